The highest BCUT2D eigenvalue weighted by molar-refractivity contribution is 5.71. The van der Waals surface area contributed by atoms with Crippen LogP contribution < -0.4 is 4.74 Å². The minimum Gasteiger partial charge on any atom is -0.508 e. The van der Waals surface area contributed by atoms with Gasteiger partial charge in [-0.1, -0.05) is 36.4 Å². The lowest BCUT2D eigenvalue weighted by Gasteiger charge is -2.20. The van der Waals surface area contributed by atoms with Gasteiger partial charge in [-0.25, -0.2) is 0 Å². The first-order valence-electron chi connectivity index (χ1n) is 9.15. The van der Waals surface area contributed by atoms with Crippen molar-refractivity contribution in [1.29, 1.82) is 0 Å². The number of ether oxygens (including phenoxy) is 1. The maximum absolute atomic E-state index is 10.6. The first-order valence-corrected chi connectivity index (χ1v) is 9.15. The van der Waals surface area contributed by atoms with Crippen LogP contribution in [0.1, 0.15) is 16.7 Å². The van der Waals surface area contributed by atoms with Crippen molar-refractivity contribution in [3.8, 4) is 28.4 Å². The number of aryl methyl sites for hydroxylation is 1. The van der Waals surface area contributed by atoms with E-state index in [-0.39, 0.29) is 11.5 Å². The molecule has 2 N–H and O–H groups in total. The Morgan fingerprint density at radius 3 is 2.67 bits per heavy atom. The molecule has 0 aliphatic carbocycles. The van der Waals surface area contributed by atoms with Crippen LogP contribution in [0.5, 0.6) is 17.2 Å². The molecule has 0 fully saturated rings. The van der Waals surface area contributed by atoms with Gasteiger partial charge in [0.05, 0.1) is 0 Å². The summed E-state index contributed by atoms with van der Waals surface area (Å²) < 4.78 is 5.85. The van der Waals surface area contributed by atoms with Crippen LogP contribution in [-0.4, -0.2) is 28.3 Å². The fraction of sp³-hybridized carbons (Fsp3) is 0.217. The van der Waals surface area contributed by atoms with Crippen molar-refractivity contribution >= 4 is 0 Å². The van der Waals surface area contributed by atoms with Crippen molar-refractivity contribution in [3.05, 3.63) is 77.4 Å². The van der Waals surface area contributed by atoms with Crippen LogP contribution in [0.3, 0.4) is 0 Å². The molecule has 0 saturated carbocycles. The van der Waals surface area contributed by atoms with E-state index in [4.69, 9.17) is 4.74 Å². The van der Waals surface area contributed by atoms with Gasteiger partial charge in [-0.2, -0.15) is 0 Å². The summed E-state index contributed by atoms with van der Waals surface area (Å²) in [5.74, 6) is 1.04. The summed E-state index contributed by atoms with van der Waals surface area (Å²) in [5, 5.41) is 20.3. The van der Waals surface area contributed by atoms with Crippen LogP contribution in [0.15, 0.2) is 60.7 Å². The van der Waals surface area contributed by atoms with E-state index in [9.17, 15) is 10.2 Å². The van der Waals surface area contributed by atoms with E-state index in [1.807, 2.05) is 24.3 Å². The number of benzene rings is 3. The number of rotatable bonds is 3. The first kappa shape index (κ1) is 17.4. The average Bonchev–Trinajstić information content (AvgIpc) is 2.84. The minimum absolute atomic E-state index is 0.185. The third-order valence-electron chi connectivity index (χ3n) is 4.97. The van der Waals surface area contributed by atoms with E-state index in [2.05, 4.69) is 30.0 Å². The predicted octanol–water partition coefficient (Wildman–Crippen LogP) is 4.47. The van der Waals surface area contributed by atoms with Gasteiger partial charge in [0.25, 0.3) is 0 Å². The molecule has 0 amide bonds. The van der Waals surface area contributed by atoms with Crippen LogP contribution in [0.4, 0.5) is 0 Å². The highest BCUT2D eigenvalue weighted by atomic mass is 16.5. The van der Waals surface area contributed by atoms with E-state index < -0.39 is 0 Å². The first-order chi connectivity index (χ1) is 13.1. The SMILES string of the molecule is Cc1ccccc1-c1cc(O)c2c(c1)CN(Cc1cccc(O)c1)CCO2. The molecule has 27 heavy (non-hydrogen) atoms. The van der Waals surface area contributed by atoms with Gasteiger partial charge in [0.1, 0.15) is 12.4 Å². The van der Waals surface area contributed by atoms with Gasteiger partial charge in [-0.15, -0.1) is 0 Å². The largest absolute Gasteiger partial charge is 0.508 e. The Hall–Kier alpha value is -2.98. The summed E-state index contributed by atoms with van der Waals surface area (Å²) in [7, 11) is 0. The van der Waals surface area contributed by atoms with Gasteiger partial charge in [0, 0.05) is 25.2 Å². The molecule has 0 radical (unpaired) electrons. The molecule has 3 aromatic rings. The zero-order chi connectivity index (χ0) is 18.8. The Morgan fingerprint density at radius 1 is 1.00 bits per heavy atom. The minimum atomic E-state index is 0.185. The molecule has 1 aliphatic rings. The van der Waals surface area contributed by atoms with Crippen molar-refractivity contribution in [2.24, 2.45) is 0 Å². The van der Waals surface area contributed by atoms with Crippen LogP contribution in [-0.2, 0) is 13.1 Å². The number of phenolic OH excluding ortho intramolecular Hbond substituents is 2. The number of aromatic hydroxyl groups is 2. The van der Waals surface area contributed by atoms with E-state index >= 15 is 0 Å². The summed E-state index contributed by atoms with van der Waals surface area (Å²) >= 11 is 0. The van der Waals surface area contributed by atoms with E-state index in [0.29, 0.717) is 25.4 Å². The van der Waals surface area contributed by atoms with E-state index in [1.165, 1.54) is 5.56 Å². The summed E-state index contributed by atoms with van der Waals surface area (Å²) in [5.41, 5.74) is 5.30. The number of fused-ring (bicyclic) bond motifs is 1. The van der Waals surface area contributed by atoms with Gasteiger partial charge in [-0.3, -0.25) is 4.90 Å². The summed E-state index contributed by atoms with van der Waals surface area (Å²) in [6, 6.07) is 19.4. The second kappa shape index (κ2) is 7.33. The summed E-state index contributed by atoms with van der Waals surface area (Å²) in [6.45, 7) is 4.74. The zero-order valence-electron chi connectivity index (χ0n) is 15.4. The molecule has 1 aliphatic heterocycles. The molecule has 0 unspecified atom stereocenters. The summed E-state index contributed by atoms with van der Waals surface area (Å²) in [6.07, 6.45) is 0. The molecule has 0 spiro atoms. The molecule has 0 aromatic heterocycles. The quantitative estimate of drug-likeness (QED) is 0.723. The Kier molecular flexibility index (Phi) is 4.73. The normalized spacial score (nSPS) is 14.3. The lowest BCUT2D eigenvalue weighted by Crippen LogP contribution is -2.25. The molecule has 3 aromatic carbocycles. The number of hydrogen-bond donors (Lipinski definition) is 2. The third kappa shape index (κ3) is 3.76. The van der Waals surface area contributed by atoms with Crippen molar-refractivity contribution in [3.63, 3.8) is 0 Å². The number of nitrogens with zero attached hydrogens (tertiary/aromatic N) is 1. The van der Waals surface area contributed by atoms with Crippen molar-refractivity contribution in [1.82, 2.24) is 4.90 Å². The maximum Gasteiger partial charge on any atom is 0.165 e. The molecular weight excluding hydrogens is 338 g/mol. The van der Waals surface area contributed by atoms with Crippen LogP contribution in [0.25, 0.3) is 11.1 Å². The standard InChI is InChI=1S/C23H23NO3/c1-16-5-2-3-8-21(16)18-12-19-15-24(9-10-27-23(19)22(26)13-18)14-17-6-4-7-20(25)11-17/h2-8,11-13,25-26H,9-10,14-15H2,1H3. The Morgan fingerprint density at radius 2 is 1.85 bits per heavy atom. The monoisotopic (exact) mass is 361 g/mol. The van der Waals surface area contributed by atoms with Gasteiger partial charge in [0.2, 0.25) is 0 Å². The van der Waals surface area contributed by atoms with Gasteiger partial charge in [-0.05, 0) is 53.4 Å². The molecular formula is C23H23NO3. The molecule has 0 atom stereocenters. The Bertz CT molecular complexity index is 968. The van der Waals surface area contributed by atoms with Gasteiger partial charge >= 0.3 is 0 Å². The lowest BCUT2D eigenvalue weighted by molar-refractivity contribution is 0.217. The number of hydrogen-bond acceptors (Lipinski definition) is 4. The maximum atomic E-state index is 10.6. The van der Waals surface area contributed by atoms with Gasteiger partial charge in [0.15, 0.2) is 11.5 Å². The number of phenols is 2. The third-order valence-corrected chi connectivity index (χ3v) is 4.97. The van der Waals surface area contributed by atoms with Crippen LogP contribution in [0, 0.1) is 6.92 Å². The Labute approximate surface area is 159 Å². The van der Waals surface area contributed by atoms with Crippen LogP contribution >= 0.6 is 0 Å². The molecule has 1 heterocycles. The second-order valence-corrected chi connectivity index (χ2v) is 7.03. The van der Waals surface area contributed by atoms with Crippen molar-refractivity contribution in [2.75, 3.05) is 13.2 Å². The van der Waals surface area contributed by atoms with Crippen LogP contribution in [0.2, 0.25) is 0 Å². The average molecular weight is 361 g/mol. The topological polar surface area (TPSA) is 52.9 Å². The molecule has 4 rings (SSSR count). The highest BCUT2D eigenvalue weighted by Crippen LogP contribution is 2.38. The fourth-order valence-electron chi connectivity index (χ4n) is 3.65. The lowest BCUT2D eigenvalue weighted by atomic mass is 9.97. The summed E-state index contributed by atoms with van der Waals surface area (Å²) in [4.78, 5) is 2.27. The van der Waals surface area contributed by atoms with Crippen molar-refractivity contribution in [2.45, 2.75) is 20.0 Å². The molecule has 4 heteroatoms. The van der Waals surface area contributed by atoms with E-state index in [0.717, 1.165) is 28.8 Å². The Balaban J connectivity index is 1.66. The molecule has 0 bridgehead atoms. The van der Waals surface area contributed by atoms with Crippen molar-refractivity contribution < 1.29 is 14.9 Å². The van der Waals surface area contributed by atoms with E-state index in [1.54, 1.807) is 18.2 Å². The molecule has 138 valence electrons. The fourth-order valence-corrected chi connectivity index (χ4v) is 3.65. The molecule has 0 saturated heterocycles. The zero-order valence-corrected chi connectivity index (χ0v) is 15.4. The smallest absolute Gasteiger partial charge is 0.165 e. The predicted molar refractivity (Wildman–Crippen MR) is 106 cm³/mol. The highest BCUT2D eigenvalue weighted by Gasteiger charge is 2.20. The molecule has 4 nitrogen and oxygen atoms in total. The second-order valence-electron chi connectivity index (χ2n) is 7.03. The van der Waals surface area contributed by atoms with Gasteiger partial charge < -0.3 is 14.9 Å².